The van der Waals surface area contributed by atoms with Gasteiger partial charge >= 0.3 is 6.03 Å². The van der Waals surface area contributed by atoms with Gasteiger partial charge in [0.25, 0.3) is 5.91 Å². The number of amides is 3. The third-order valence-corrected chi connectivity index (χ3v) is 2.79. The van der Waals surface area contributed by atoms with Crippen molar-refractivity contribution in [2.24, 2.45) is 0 Å². The van der Waals surface area contributed by atoms with Crippen LogP contribution in [0.4, 0.5) is 16.2 Å². The maximum atomic E-state index is 11.8. The lowest BCUT2D eigenvalue weighted by molar-refractivity contribution is -0.120. The van der Waals surface area contributed by atoms with Gasteiger partial charge in [-0.3, -0.25) is 4.79 Å². The molecule has 2 N–H and O–H groups in total. The maximum absolute atomic E-state index is 11.8. The van der Waals surface area contributed by atoms with Crippen molar-refractivity contribution in [3.05, 3.63) is 18.2 Å². The largest absolute Gasteiger partial charge is 0.482 e. The van der Waals surface area contributed by atoms with Crippen LogP contribution < -0.4 is 20.3 Å². The van der Waals surface area contributed by atoms with E-state index in [9.17, 15) is 9.59 Å². The van der Waals surface area contributed by atoms with Gasteiger partial charge in [-0.25, -0.2) is 4.79 Å². The molecule has 0 spiro atoms. The van der Waals surface area contributed by atoms with Crippen LogP contribution in [0.5, 0.6) is 5.75 Å². The molecule has 0 radical (unpaired) electrons. The fraction of sp³-hybridized carbons (Fsp3) is 0.429. The number of hydrogen-bond acceptors (Lipinski definition) is 3. The SMILES string of the molecule is CN1C(=O)COc2ccc(NC(=O)NC(C)(C)C)cc21. The average molecular weight is 277 g/mol. The molecule has 0 unspecified atom stereocenters. The Balaban J connectivity index is 2.15. The molecule has 0 saturated heterocycles. The number of carbonyl (C=O) groups is 2. The van der Waals surface area contributed by atoms with E-state index in [4.69, 9.17) is 4.74 Å². The molecule has 1 heterocycles. The van der Waals surface area contributed by atoms with E-state index >= 15 is 0 Å². The molecule has 1 aromatic rings. The number of rotatable bonds is 1. The van der Waals surface area contributed by atoms with Crippen LogP contribution in [0.2, 0.25) is 0 Å². The first-order valence-electron chi connectivity index (χ1n) is 6.39. The van der Waals surface area contributed by atoms with Crippen molar-refractivity contribution in [2.45, 2.75) is 26.3 Å². The van der Waals surface area contributed by atoms with Gasteiger partial charge in [-0.2, -0.15) is 0 Å². The van der Waals surface area contributed by atoms with Crippen molar-refractivity contribution in [1.29, 1.82) is 0 Å². The van der Waals surface area contributed by atoms with E-state index in [0.717, 1.165) is 0 Å². The van der Waals surface area contributed by atoms with Crippen LogP contribution in [0, 0.1) is 0 Å². The molecule has 1 aromatic carbocycles. The zero-order chi connectivity index (χ0) is 14.9. The van der Waals surface area contributed by atoms with Crippen LogP contribution in [-0.2, 0) is 4.79 Å². The van der Waals surface area contributed by atoms with Gasteiger partial charge in [0.05, 0.1) is 5.69 Å². The number of benzene rings is 1. The molecule has 0 saturated carbocycles. The third-order valence-electron chi connectivity index (χ3n) is 2.79. The Labute approximate surface area is 118 Å². The number of anilines is 2. The Bertz CT molecular complexity index is 549. The summed E-state index contributed by atoms with van der Waals surface area (Å²) in [5.74, 6) is 0.516. The van der Waals surface area contributed by atoms with Crippen LogP contribution in [0.3, 0.4) is 0 Å². The minimum Gasteiger partial charge on any atom is -0.482 e. The quantitative estimate of drug-likeness (QED) is 0.824. The Kier molecular flexibility index (Phi) is 3.57. The van der Waals surface area contributed by atoms with Crippen LogP contribution >= 0.6 is 0 Å². The summed E-state index contributed by atoms with van der Waals surface area (Å²) in [5, 5.41) is 5.55. The first kappa shape index (κ1) is 14.2. The van der Waals surface area contributed by atoms with Gasteiger partial charge in [0.15, 0.2) is 6.61 Å². The molecule has 1 aliphatic heterocycles. The van der Waals surface area contributed by atoms with Crippen molar-refractivity contribution in [3.8, 4) is 5.75 Å². The number of nitrogens with zero attached hydrogens (tertiary/aromatic N) is 1. The van der Waals surface area contributed by atoms with Crippen LogP contribution in [0.1, 0.15) is 20.8 Å². The highest BCUT2D eigenvalue weighted by Gasteiger charge is 2.22. The van der Waals surface area contributed by atoms with E-state index in [2.05, 4.69) is 10.6 Å². The fourth-order valence-corrected chi connectivity index (χ4v) is 1.85. The molecule has 3 amide bonds. The zero-order valence-electron chi connectivity index (χ0n) is 12.1. The lowest BCUT2D eigenvalue weighted by Gasteiger charge is -2.26. The summed E-state index contributed by atoms with van der Waals surface area (Å²) < 4.78 is 5.33. The van der Waals surface area contributed by atoms with Crippen molar-refractivity contribution < 1.29 is 14.3 Å². The fourth-order valence-electron chi connectivity index (χ4n) is 1.85. The van der Waals surface area contributed by atoms with Crippen molar-refractivity contribution in [2.75, 3.05) is 23.9 Å². The highest BCUT2D eigenvalue weighted by Crippen LogP contribution is 2.33. The van der Waals surface area contributed by atoms with E-state index in [0.29, 0.717) is 17.1 Å². The summed E-state index contributed by atoms with van der Waals surface area (Å²) in [4.78, 5) is 24.9. The Morgan fingerprint density at radius 2 is 2.05 bits per heavy atom. The second kappa shape index (κ2) is 5.03. The van der Waals surface area contributed by atoms with E-state index in [1.807, 2.05) is 20.8 Å². The predicted molar refractivity (Wildman–Crippen MR) is 77.3 cm³/mol. The Morgan fingerprint density at radius 3 is 2.70 bits per heavy atom. The van der Waals surface area contributed by atoms with Gasteiger partial charge in [0, 0.05) is 18.3 Å². The highest BCUT2D eigenvalue weighted by atomic mass is 16.5. The molecule has 0 fully saturated rings. The first-order valence-corrected chi connectivity index (χ1v) is 6.39. The zero-order valence-corrected chi connectivity index (χ0v) is 12.1. The Morgan fingerprint density at radius 1 is 1.35 bits per heavy atom. The summed E-state index contributed by atoms with van der Waals surface area (Å²) in [6.45, 7) is 5.75. The minimum atomic E-state index is -0.311. The number of ether oxygens (including phenoxy) is 1. The summed E-state index contributed by atoms with van der Waals surface area (Å²) in [7, 11) is 1.68. The molecule has 0 aliphatic carbocycles. The van der Waals surface area contributed by atoms with Crippen molar-refractivity contribution in [1.82, 2.24) is 5.32 Å². The highest BCUT2D eigenvalue weighted by molar-refractivity contribution is 5.99. The number of carbonyl (C=O) groups excluding carboxylic acids is 2. The molecule has 108 valence electrons. The molecule has 6 heteroatoms. The molecule has 2 rings (SSSR count). The smallest absolute Gasteiger partial charge is 0.319 e. The monoisotopic (exact) mass is 277 g/mol. The van der Waals surface area contributed by atoms with Gasteiger partial charge in [-0.1, -0.05) is 0 Å². The molecule has 0 aromatic heterocycles. The number of nitrogens with one attached hydrogen (secondary N) is 2. The first-order chi connectivity index (χ1) is 9.26. The van der Waals surface area contributed by atoms with Gasteiger partial charge in [0.1, 0.15) is 5.75 Å². The predicted octanol–water partition coefficient (Wildman–Crippen LogP) is 1.96. The average Bonchev–Trinajstić information content (AvgIpc) is 2.32. The molecule has 20 heavy (non-hydrogen) atoms. The summed E-state index contributed by atoms with van der Waals surface area (Å²) >= 11 is 0. The normalized spacial score (nSPS) is 14.4. The lowest BCUT2D eigenvalue weighted by atomic mass is 10.1. The number of urea groups is 1. The van der Waals surface area contributed by atoms with E-state index in [1.54, 1.807) is 25.2 Å². The summed E-state index contributed by atoms with van der Waals surface area (Å²) in [6.07, 6.45) is 0. The van der Waals surface area contributed by atoms with E-state index in [1.165, 1.54) is 4.90 Å². The van der Waals surface area contributed by atoms with Crippen LogP contribution in [0.25, 0.3) is 0 Å². The third kappa shape index (κ3) is 3.20. The van der Waals surface area contributed by atoms with Crippen molar-refractivity contribution >= 4 is 23.3 Å². The van der Waals surface area contributed by atoms with Gasteiger partial charge in [-0.15, -0.1) is 0 Å². The van der Waals surface area contributed by atoms with Crippen LogP contribution in [-0.4, -0.2) is 31.1 Å². The number of fused-ring (bicyclic) bond motifs is 1. The molecule has 1 aliphatic rings. The number of hydrogen-bond donors (Lipinski definition) is 2. The minimum absolute atomic E-state index is 0.0424. The van der Waals surface area contributed by atoms with Crippen LogP contribution in [0.15, 0.2) is 18.2 Å². The van der Waals surface area contributed by atoms with E-state index < -0.39 is 0 Å². The molecule has 0 bridgehead atoms. The standard InChI is InChI=1S/C14H19N3O3/c1-14(2,3)16-13(19)15-9-5-6-11-10(7-9)17(4)12(18)8-20-11/h5-7H,8H2,1-4H3,(H2,15,16,19). The summed E-state index contributed by atoms with van der Waals surface area (Å²) in [6, 6.07) is 4.91. The van der Waals surface area contributed by atoms with E-state index in [-0.39, 0.29) is 24.1 Å². The molecular weight excluding hydrogens is 258 g/mol. The lowest BCUT2D eigenvalue weighted by Crippen LogP contribution is -2.43. The second-order valence-corrected chi connectivity index (χ2v) is 5.75. The molecule has 6 nitrogen and oxygen atoms in total. The Hall–Kier alpha value is -2.24. The van der Waals surface area contributed by atoms with Crippen molar-refractivity contribution in [3.63, 3.8) is 0 Å². The maximum Gasteiger partial charge on any atom is 0.319 e. The number of likely N-dealkylation sites (N-methyl/N-ethyl adjacent to an activating group) is 1. The van der Waals surface area contributed by atoms with Gasteiger partial charge in [0.2, 0.25) is 0 Å². The topological polar surface area (TPSA) is 70.7 Å². The second-order valence-electron chi connectivity index (χ2n) is 5.75. The molecule has 0 atom stereocenters. The summed E-state index contributed by atoms with van der Waals surface area (Å²) in [5.41, 5.74) is 0.944. The van der Waals surface area contributed by atoms with Gasteiger partial charge in [-0.05, 0) is 39.0 Å². The van der Waals surface area contributed by atoms with Gasteiger partial charge < -0.3 is 20.3 Å². The molecular formula is C14H19N3O3.